The second-order valence-corrected chi connectivity index (χ2v) is 6.72. The van der Waals surface area contributed by atoms with Crippen LogP contribution in [0.2, 0.25) is 0 Å². The van der Waals surface area contributed by atoms with Crippen molar-refractivity contribution in [3.63, 3.8) is 0 Å². The molecule has 2 N–H and O–H groups in total. The quantitative estimate of drug-likeness (QED) is 0.880. The maximum atomic E-state index is 6.67. The van der Waals surface area contributed by atoms with E-state index < -0.39 is 0 Å². The van der Waals surface area contributed by atoms with Gasteiger partial charge in [0.2, 0.25) is 0 Å². The minimum absolute atomic E-state index is 0.162. The van der Waals surface area contributed by atoms with Crippen molar-refractivity contribution in [2.24, 2.45) is 11.1 Å². The Bertz CT molecular complexity index is 410. The Kier molecular flexibility index (Phi) is 4.19. The largest absolute Gasteiger partial charge is 0.494 e. The minimum Gasteiger partial charge on any atom is -0.494 e. The van der Waals surface area contributed by atoms with Crippen LogP contribution in [0.4, 0.5) is 0 Å². The van der Waals surface area contributed by atoms with Crippen LogP contribution in [-0.4, -0.2) is 6.61 Å². The first kappa shape index (κ1) is 14.4. The van der Waals surface area contributed by atoms with Gasteiger partial charge in [0, 0.05) is 5.54 Å². The number of ether oxygens (including phenoxy) is 1. The molecule has 19 heavy (non-hydrogen) atoms. The van der Waals surface area contributed by atoms with E-state index >= 15 is 0 Å². The first-order chi connectivity index (χ1) is 8.95. The van der Waals surface area contributed by atoms with Crippen LogP contribution in [0.25, 0.3) is 0 Å². The normalized spacial score (nSPS) is 26.1. The van der Waals surface area contributed by atoms with Crippen molar-refractivity contribution in [3.05, 3.63) is 29.8 Å². The maximum Gasteiger partial charge on any atom is 0.119 e. The molecule has 1 unspecified atom stereocenters. The van der Waals surface area contributed by atoms with Gasteiger partial charge < -0.3 is 10.5 Å². The molecule has 1 aromatic carbocycles. The van der Waals surface area contributed by atoms with Crippen molar-refractivity contribution >= 4 is 0 Å². The molecule has 2 heteroatoms. The molecule has 0 saturated heterocycles. The van der Waals surface area contributed by atoms with Gasteiger partial charge in [-0.2, -0.15) is 0 Å². The summed E-state index contributed by atoms with van der Waals surface area (Å²) >= 11 is 0. The molecular weight excluding hydrogens is 234 g/mol. The van der Waals surface area contributed by atoms with Crippen molar-refractivity contribution in [2.75, 3.05) is 6.61 Å². The molecule has 0 bridgehead atoms. The van der Waals surface area contributed by atoms with Crippen molar-refractivity contribution in [1.82, 2.24) is 0 Å². The van der Waals surface area contributed by atoms with E-state index in [4.69, 9.17) is 10.5 Å². The maximum absolute atomic E-state index is 6.67. The lowest BCUT2D eigenvalue weighted by atomic mass is 9.66. The lowest BCUT2D eigenvalue weighted by Crippen LogP contribution is -2.44. The van der Waals surface area contributed by atoms with Crippen LogP contribution in [0.5, 0.6) is 5.75 Å². The molecule has 0 aliphatic heterocycles. The molecule has 0 heterocycles. The Labute approximate surface area is 117 Å². The molecule has 0 amide bonds. The van der Waals surface area contributed by atoms with E-state index in [1.54, 1.807) is 0 Å². The van der Waals surface area contributed by atoms with Gasteiger partial charge >= 0.3 is 0 Å². The molecule has 1 saturated carbocycles. The molecule has 1 aromatic rings. The zero-order chi connectivity index (χ0) is 13.9. The Morgan fingerprint density at radius 1 is 1.16 bits per heavy atom. The van der Waals surface area contributed by atoms with Crippen molar-refractivity contribution in [1.29, 1.82) is 0 Å². The Morgan fingerprint density at radius 2 is 1.84 bits per heavy atom. The average Bonchev–Trinajstić information content (AvgIpc) is 2.35. The summed E-state index contributed by atoms with van der Waals surface area (Å²) in [5.41, 5.74) is 8.11. The van der Waals surface area contributed by atoms with Gasteiger partial charge in [0.1, 0.15) is 5.75 Å². The van der Waals surface area contributed by atoms with Gasteiger partial charge in [-0.15, -0.1) is 0 Å². The summed E-state index contributed by atoms with van der Waals surface area (Å²) in [5, 5.41) is 0. The molecular formula is C17H27NO. The highest BCUT2D eigenvalue weighted by Crippen LogP contribution is 2.44. The Balaban J connectivity index is 2.12. The van der Waals surface area contributed by atoms with Crippen LogP contribution in [0.15, 0.2) is 24.3 Å². The average molecular weight is 261 g/mol. The van der Waals surface area contributed by atoms with E-state index in [2.05, 4.69) is 45.0 Å². The molecule has 1 aliphatic carbocycles. The van der Waals surface area contributed by atoms with E-state index in [1.165, 1.54) is 18.4 Å². The molecule has 1 aliphatic rings. The first-order valence-corrected chi connectivity index (χ1v) is 7.47. The van der Waals surface area contributed by atoms with Gasteiger partial charge in [0.05, 0.1) is 6.61 Å². The van der Waals surface area contributed by atoms with Crippen LogP contribution in [0, 0.1) is 5.41 Å². The lowest BCUT2D eigenvalue weighted by molar-refractivity contribution is 0.151. The van der Waals surface area contributed by atoms with Gasteiger partial charge in [-0.3, -0.25) is 0 Å². The highest BCUT2D eigenvalue weighted by atomic mass is 16.5. The SMILES string of the molecule is CCCOc1ccc(C2(N)CCCC(C)(C)C2)cc1. The molecule has 1 atom stereocenters. The Morgan fingerprint density at radius 3 is 2.42 bits per heavy atom. The van der Waals surface area contributed by atoms with Gasteiger partial charge in [0.25, 0.3) is 0 Å². The summed E-state index contributed by atoms with van der Waals surface area (Å²) in [4.78, 5) is 0. The molecule has 106 valence electrons. The predicted octanol–water partition coefficient (Wildman–Crippen LogP) is 4.23. The van der Waals surface area contributed by atoms with Crippen LogP contribution >= 0.6 is 0 Å². The predicted molar refractivity (Wildman–Crippen MR) is 80.3 cm³/mol. The summed E-state index contributed by atoms with van der Waals surface area (Å²) in [7, 11) is 0. The fourth-order valence-electron chi connectivity index (χ4n) is 3.26. The summed E-state index contributed by atoms with van der Waals surface area (Å²) < 4.78 is 5.63. The molecule has 1 fully saturated rings. The highest BCUT2D eigenvalue weighted by Gasteiger charge is 2.38. The molecule has 0 spiro atoms. The summed E-state index contributed by atoms with van der Waals surface area (Å²) in [5.74, 6) is 0.948. The zero-order valence-electron chi connectivity index (χ0n) is 12.5. The van der Waals surface area contributed by atoms with E-state index in [0.29, 0.717) is 5.41 Å². The van der Waals surface area contributed by atoms with Crippen LogP contribution in [-0.2, 0) is 5.54 Å². The van der Waals surface area contributed by atoms with Gasteiger partial charge in [0.15, 0.2) is 0 Å². The van der Waals surface area contributed by atoms with Gasteiger partial charge in [-0.1, -0.05) is 39.3 Å². The second-order valence-electron chi connectivity index (χ2n) is 6.72. The highest BCUT2D eigenvalue weighted by molar-refractivity contribution is 5.32. The standard InChI is InChI=1S/C17H27NO/c1-4-12-19-15-8-6-14(7-9-15)17(18)11-5-10-16(2,3)13-17/h6-9H,4-5,10-13,18H2,1-3H3. The molecule has 2 rings (SSSR count). The second kappa shape index (κ2) is 5.54. The number of benzene rings is 1. The third-order valence-electron chi connectivity index (χ3n) is 4.17. The van der Waals surface area contributed by atoms with E-state index in [-0.39, 0.29) is 5.54 Å². The smallest absolute Gasteiger partial charge is 0.119 e. The third-order valence-corrected chi connectivity index (χ3v) is 4.17. The third kappa shape index (κ3) is 3.50. The number of hydrogen-bond acceptors (Lipinski definition) is 2. The fourth-order valence-corrected chi connectivity index (χ4v) is 3.26. The zero-order valence-corrected chi connectivity index (χ0v) is 12.5. The van der Waals surface area contributed by atoms with E-state index in [9.17, 15) is 0 Å². The van der Waals surface area contributed by atoms with Crippen LogP contribution in [0.1, 0.15) is 58.4 Å². The van der Waals surface area contributed by atoms with E-state index in [0.717, 1.165) is 31.6 Å². The van der Waals surface area contributed by atoms with Crippen molar-refractivity contribution < 1.29 is 4.74 Å². The monoisotopic (exact) mass is 261 g/mol. The molecule has 2 nitrogen and oxygen atoms in total. The Hall–Kier alpha value is -1.02. The van der Waals surface area contributed by atoms with Gasteiger partial charge in [-0.05, 0) is 48.8 Å². The van der Waals surface area contributed by atoms with Crippen LogP contribution < -0.4 is 10.5 Å². The lowest BCUT2D eigenvalue weighted by Gasteiger charge is -2.43. The summed E-state index contributed by atoms with van der Waals surface area (Å²) in [6.45, 7) is 7.55. The summed E-state index contributed by atoms with van der Waals surface area (Å²) in [6.07, 6.45) is 5.69. The van der Waals surface area contributed by atoms with E-state index in [1.807, 2.05) is 0 Å². The number of hydrogen-bond donors (Lipinski definition) is 1. The summed E-state index contributed by atoms with van der Waals surface area (Å²) in [6, 6.07) is 8.40. The number of rotatable bonds is 4. The molecule has 0 radical (unpaired) electrons. The number of nitrogens with two attached hydrogens (primary N) is 1. The molecule has 0 aromatic heterocycles. The van der Waals surface area contributed by atoms with Crippen LogP contribution in [0.3, 0.4) is 0 Å². The van der Waals surface area contributed by atoms with Crippen molar-refractivity contribution in [3.8, 4) is 5.75 Å². The fraction of sp³-hybridized carbons (Fsp3) is 0.647. The first-order valence-electron chi connectivity index (χ1n) is 7.47. The minimum atomic E-state index is -0.162. The van der Waals surface area contributed by atoms with Gasteiger partial charge in [-0.25, -0.2) is 0 Å². The topological polar surface area (TPSA) is 35.2 Å². The van der Waals surface area contributed by atoms with Crippen molar-refractivity contribution in [2.45, 2.75) is 58.4 Å².